The van der Waals surface area contributed by atoms with Crippen molar-refractivity contribution in [3.8, 4) is 0 Å². The molecule has 1 unspecified atom stereocenters. The Balaban J connectivity index is 2.36. The molecule has 106 valence electrons. The van der Waals surface area contributed by atoms with Crippen LogP contribution in [0.3, 0.4) is 0 Å². The van der Waals surface area contributed by atoms with Crippen LogP contribution in [0.5, 0.6) is 0 Å². The molecule has 2 aromatic rings. The average Bonchev–Trinajstić information content (AvgIpc) is 2.46. The SMILES string of the molecule is Cc1ccc(N(C)C(C)c2ccccc2F)c(CCl)c1. The Morgan fingerprint density at radius 1 is 1.20 bits per heavy atom. The monoisotopic (exact) mass is 291 g/mol. The van der Waals surface area contributed by atoms with Crippen molar-refractivity contribution in [3.63, 3.8) is 0 Å². The zero-order chi connectivity index (χ0) is 14.7. The molecule has 0 saturated carbocycles. The van der Waals surface area contributed by atoms with Gasteiger partial charge in [0.1, 0.15) is 5.82 Å². The van der Waals surface area contributed by atoms with Gasteiger partial charge in [0.25, 0.3) is 0 Å². The average molecular weight is 292 g/mol. The van der Waals surface area contributed by atoms with E-state index < -0.39 is 0 Å². The van der Waals surface area contributed by atoms with E-state index in [9.17, 15) is 4.39 Å². The van der Waals surface area contributed by atoms with Gasteiger partial charge in [0.05, 0.1) is 6.04 Å². The van der Waals surface area contributed by atoms with E-state index in [4.69, 9.17) is 11.6 Å². The van der Waals surface area contributed by atoms with Gasteiger partial charge in [-0.3, -0.25) is 0 Å². The lowest BCUT2D eigenvalue weighted by Gasteiger charge is -2.29. The van der Waals surface area contributed by atoms with Crippen LogP contribution in [-0.2, 0) is 5.88 Å². The van der Waals surface area contributed by atoms with Gasteiger partial charge in [0.2, 0.25) is 0 Å². The van der Waals surface area contributed by atoms with E-state index in [-0.39, 0.29) is 11.9 Å². The molecule has 1 atom stereocenters. The molecule has 2 rings (SSSR count). The third-order valence-corrected chi connectivity index (χ3v) is 3.98. The molecule has 0 fully saturated rings. The molecular weight excluding hydrogens is 273 g/mol. The van der Waals surface area contributed by atoms with Crippen LogP contribution in [-0.4, -0.2) is 7.05 Å². The van der Waals surface area contributed by atoms with Gasteiger partial charge in [-0.2, -0.15) is 0 Å². The normalized spacial score (nSPS) is 12.2. The number of alkyl halides is 1. The van der Waals surface area contributed by atoms with Crippen LogP contribution in [0.4, 0.5) is 10.1 Å². The first-order valence-electron chi connectivity index (χ1n) is 6.67. The van der Waals surface area contributed by atoms with Crippen LogP contribution >= 0.6 is 11.6 Å². The van der Waals surface area contributed by atoms with E-state index in [1.54, 1.807) is 6.07 Å². The minimum absolute atomic E-state index is 0.0547. The molecule has 1 nitrogen and oxygen atoms in total. The van der Waals surface area contributed by atoms with Crippen LogP contribution in [0, 0.1) is 12.7 Å². The number of nitrogens with zero attached hydrogens (tertiary/aromatic N) is 1. The Labute approximate surface area is 125 Å². The first-order valence-corrected chi connectivity index (χ1v) is 7.20. The van der Waals surface area contributed by atoms with Gasteiger partial charge in [-0.25, -0.2) is 4.39 Å². The summed E-state index contributed by atoms with van der Waals surface area (Å²) in [5.74, 6) is 0.275. The van der Waals surface area contributed by atoms with Crippen molar-refractivity contribution < 1.29 is 4.39 Å². The van der Waals surface area contributed by atoms with Crippen molar-refractivity contribution in [3.05, 3.63) is 65.0 Å². The molecule has 3 heteroatoms. The van der Waals surface area contributed by atoms with Gasteiger partial charge in [0, 0.05) is 24.2 Å². The third kappa shape index (κ3) is 2.96. The number of hydrogen-bond acceptors (Lipinski definition) is 1. The van der Waals surface area contributed by atoms with Crippen molar-refractivity contribution in [1.82, 2.24) is 0 Å². The van der Waals surface area contributed by atoms with Crippen molar-refractivity contribution in [2.45, 2.75) is 25.8 Å². The first kappa shape index (κ1) is 14.9. The maximum absolute atomic E-state index is 13.9. The fraction of sp³-hybridized carbons (Fsp3) is 0.294. The molecule has 2 aromatic carbocycles. The summed E-state index contributed by atoms with van der Waals surface area (Å²) in [7, 11) is 1.97. The first-order chi connectivity index (χ1) is 9.54. The Hall–Kier alpha value is -1.54. The number of hydrogen-bond donors (Lipinski definition) is 0. The Bertz CT molecular complexity index is 597. The molecule has 0 aliphatic rings. The minimum Gasteiger partial charge on any atom is -0.367 e. The second kappa shape index (κ2) is 6.27. The minimum atomic E-state index is -0.175. The predicted molar refractivity (Wildman–Crippen MR) is 84.0 cm³/mol. The molecule has 0 aliphatic carbocycles. The van der Waals surface area contributed by atoms with E-state index in [1.165, 1.54) is 11.6 Å². The van der Waals surface area contributed by atoms with Gasteiger partial charge < -0.3 is 4.90 Å². The van der Waals surface area contributed by atoms with Gasteiger partial charge >= 0.3 is 0 Å². The lowest BCUT2D eigenvalue weighted by atomic mass is 10.0. The zero-order valence-corrected chi connectivity index (χ0v) is 12.8. The van der Waals surface area contributed by atoms with Gasteiger partial charge in [0.15, 0.2) is 0 Å². The maximum Gasteiger partial charge on any atom is 0.128 e. The number of anilines is 1. The fourth-order valence-electron chi connectivity index (χ4n) is 2.40. The summed E-state index contributed by atoms with van der Waals surface area (Å²) in [6.45, 7) is 4.04. The highest BCUT2D eigenvalue weighted by Crippen LogP contribution is 2.30. The second-order valence-corrected chi connectivity index (χ2v) is 5.34. The number of halogens is 2. The fourth-order valence-corrected chi connectivity index (χ4v) is 2.61. The summed E-state index contributed by atoms with van der Waals surface area (Å²) in [5, 5.41) is 0. The molecule has 0 radical (unpaired) electrons. The highest BCUT2D eigenvalue weighted by atomic mass is 35.5. The van der Waals surface area contributed by atoms with Crippen molar-refractivity contribution in [1.29, 1.82) is 0 Å². The smallest absolute Gasteiger partial charge is 0.128 e. The topological polar surface area (TPSA) is 3.24 Å². The Kier molecular flexibility index (Phi) is 4.66. The van der Waals surface area contributed by atoms with Crippen molar-refractivity contribution >= 4 is 17.3 Å². The van der Waals surface area contributed by atoms with Gasteiger partial charge in [-0.15, -0.1) is 11.6 Å². The van der Waals surface area contributed by atoms with Crippen molar-refractivity contribution in [2.24, 2.45) is 0 Å². The predicted octanol–water partition coefficient (Wildman–Crippen LogP) is 5.07. The van der Waals surface area contributed by atoms with Gasteiger partial charge in [-0.05, 0) is 31.5 Å². The van der Waals surface area contributed by atoms with Crippen LogP contribution in [0.25, 0.3) is 0 Å². The zero-order valence-electron chi connectivity index (χ0n) is 12.0. The molecule has 0 N–H and O–H groups in total. The quantitative estimate of drug-likeness (QED) is 0.711. The number of rotatable bonds is 4. The summed E-state index contributed by atoms with van der Waals surface area (Å²) < 4.78 is 13.9. The molecule has 0 spiro atoms. The van der Waals surface area contributed by atoms with Crippen LogP contribution in [0.2, 0.25) is 0 Å². The van der Waals surface area contributed by atoms with Crippen LogP contribution in [0.15, 0.2) is 42.5 Å². The molecule has 0 aromatic heterocycles. The summed E-state index contributed by atoms with van der Waals surface area (Å²) in [5.41, 5.74) is 3.98. The summed E-state index contributed by atoms with van der Waals surface area (Å²) in [6.07, 6.45) is 0. The van der Waals surface area contributed by atoms with Crippen LogP contribution < -0.4 is 4.90 Å². The molecular formula is C17H19ClFN. The third-order valence-electron chi connectivity index (χ3n) is 3.70. The largest absolute Gasteiger partial charge is 0.367 e. The summed E-state index contributed by atoms with van der Waals surface area (Å²) >= 11 is 6.03. The molecule has 20 heavy (non-hydrogen) atoms. The van der Waals surface area contributed by atoms with Crippen LogP contribution in [0.1, 0.15) is 29.7 Å². The van der Waals surface area contributed by atoms with E-state index in [1.807, 2.05) is 39.1 Å². The summed E-state index contributed by atoms with van der Waals surface area (Å²) in [4.78, 5) is 2.07. The maximum atomic E-state index is 13.9. The Morgan fingerprint density at radius 3 is 2.55 bits per heavy atom. The van der Waals surface area contributed by atoms with E-state index in [2.05, 4.69) is 17.0 Å². The molecule has 0 saturated heterocycles. The number of aryl methyl sites for hydroxylation is 1. The molecule has 0 heterocycles. The lowest BCUT2D eigenvalue weighted by molar-refractivity contribution is 0.585. The second-order valence-electron chi connectivity index (χ2n) is 5.07. The van der Waals surface area contributed by atoms with E-state index in [0.717, 1.165) is 11.3 Å². The lowest BCUT2D eigenvalue weighted by Crippen LogP contribution is -2.23. The Morgan fingerprint density at radius 2 is 1.90 bits per heavy atom. The number of benzene rings is 2. The standard InChI is InChI=1S/C17H19ClFN/c1-12-8-9-17(14(10-12)11-18)20(3)13(2)15-6-4-5-7-16(15)19/h4-10,13H,11H2,1-3H3. The van der Waals surface area contributed by atoms with E-state index >= 15 is 0 Å². The van der Waals surface area contributed by atoms with E-state index in [0.29, 0.717) is 11.4 Å². The molecule has 0 aliphatic heterocycles. The highest BCUT2D eigenvalue weighted by molar-refractivity contribution is 6.17. The summed E-state index contributed by atoms with van der Waals surface area (Å²) in [6, 6.07) is 13.0. The van der Waals surface area contributed by atoms with Gasteiger partial charge in [-0.1, -0.05) is 35.9 Å². The molecule has 0 bridgehead atoms. The highest BCUT2D eigenvalue weighted by Gasteiger charge is 2.17. The van der Waals surface area contributed by atoms with Crippen molar-refractivity contribution in [2.75, 3.05) is 11.9 Å². The molecule has 0 amide bonds.